The predicted octanol–water partition coefficient (Wildman–Crippen LogP) is 1.95. The molecule has 1 aromatic carbocycles. The van der Waals surface area contributed by atoms with Gasteiger partial charge < -0.3 is 20.3 Å². The number of hydrogen-bond acceptors (Lipinski definition) is 6. The normalized spacial score (nSPS) is 23.7. The van der Waals surface area contributed by atoms with Crippen LogP contribution in [0.4, 0.5) is 5.95 Å². The highest BCUT2D eigenvalue weighted by atomic mass is 16.5. The van der Waals surface area contributed by atoms with Crippen molar-refractivity contribution in [3.63, 3.8) is 0 Å². The second kappa shape index (κ2) is 9.59. The van der Waals surface area contributed by atoms with E-state index in [9.17, 15) is 9.59 Å². The molecule has 0 aliphatic carbocycles. The molecule has 8 heteroatoms. The van der Waals surface area contributed by atoms with Gasteiger partial charge in [-0.15, -0.1) is 0 Å². The van der Waals surface area contributed by atoms with Gasteiger partial charge in [0.2, 0.25) is 11.9 Å². The molecule has 162 valence electrons. The molecule has 0 unspecified atom stereocenters. The van der Waals surface area contributed by atoms with Crippen LogP contribution in [0, 0.1) is 5.41 Å². The molecular formula is C23H27N5O3. The molecule has 1 atom stereocenters. The standard InChI is InChI=1S/C23H27N5O3/c29-20-18-7-1-2-8-19(18)31-16-4-3-9-23(21(30)25-14-13-24-20)10-5-15-28(17-23)22-26-11-6-12-27-22/h1-4,6-8,11-12H,5,9-10,13-17H2,(H,24,29)(H,25,30)/b4-3+/t23-/m0/s1. The molecule has 2 amide bonds. The number of carbonyl (C=O) groups excluding carboxylic acids is 2. The van der Waals surface area contributed by atoms with Gasteiger partial charge in [-0.25, -0.2) is 9.97 Å². The zero-order valence-electron chi connectivity index (χ0n) is 17.4. The topological polar surface area (TPSA) is 96.5 Å². The van der Waals surface area contributed by atoms with E-state index in [-0.39, 0.29) is 11.8 Å². The fraction of sp³-hybridized carbons (Fsp3) is 0.391. The zero-order chi connectivity index (χ0) is 21.5. The van der Waals surface area contributed by atoms with Gasteiger partial charge >= 0.3 is 0 Å². The Morgan fingerprint density at radius 2 is 1.81 bits per heavy atom. The third-order valence-electron chi connectivity index (χ3n) is 5.73. The van der Waals surface area contributed by atoms with Crippen molar-refractivity contribution in [2.45, 2.75) is 19.3 Å². The summed E-state index contributed by atoms with van der Waals surface area (Å²) in [6.45, 7) is 2.40. The number of amides is 2. The Labute approximate surface area is 181 Å². The molecule has 2 N–H and O–H groups in total. The Bertz CT molecular complexity index is 949. The minimum Gasteiger partial charge on any atom is -0.489 e. The largest absolute Gasteiger partial charge is 0.489 e. The molecule has 1 fully saturated rings. The van der Waals surface area contributed by atoms with Gasteiger partial charge in [-0.2, -0.15) is 0 Å². The summed E-state index contributed by atoms with van der Waals surface area (Å²) in [5.41, 5.74) is -0.0958. The van der Waals surface area contributed by atoms with Crippen LogP contribution in [-0.4, -0.2) is 54.6 Å². The van der Waals surface area contributed by atoms with Crippen molar-refractivity contribution < 1.29 is 14.3 Å². The number of anilines is 1. The van der Waals surface area contributed by atoms with E-state index in [0.29, 0.717) is 49.9 Å². The number of nitrogens with zero attached hydrogens (tertiary/aromatic N) is 3. The number of piperidine rings is 1. The van der Waals surface area contributed by atoms with Crippen molar-refractivity contribution in [3.8, 4) is 5.75 Å². The Morgan fingerprint density at radius 1 is 1.00 bits per heavy atom. The molecule has 2 aromatic rings. The van der Waals surface area contributed by atoms with Crippen molar-refractivity contribution in [1.29, 1.82) is 0 Å². The zero-order valence-corrected chi connectivity index (χ0v) is 17.4. The van der Waals surface area contributed by atoms with Gasteiger partial charge in [-0.1, -0.05) is 24.3 Å². The maximum Gasteiger partial charge on any atom is 0.255 e. The molecule has 2 aliphatic heterocycles. The van der Waals surface area contributed by atoms with Gasteiger partial charge in [0.05, 0.1) is 11.0 Å². The van der Waals surface area contributed by atoms with Crippen LogP contribution in [0.3, 0.4) is 0 Å². The van der Waals surface area contributed by atoms with E-state index in [4.69, 9.17) is 4.74 Å². The van der Waals surface area contributed by atoms with Gasteiger partial charge in [-0.05, 0) is 37.5 Å². The van der Waals surface area contributed by atoms with Crippen molar-refractivity contribution in [3.05, 3.63) is 60.4 Å². The summed E-state index contributed by atoms with van der Waals surface area (Å²) in [7, 11) is 0. The summed E-state index contributed by atoms with van der Waals surface area (Å²) in [5.74, 6) is 0.964. The van der Waals surface area contributed by atoms with Gasteiger partial charge in [0.1, 0.15) is 12.4 Å². The van der Waals surface area contributed by atoms with Crippen LogP contribution in [-0.2, 0) is 4.79 Å². The molecule has 0 bridgehead atoms. The molecular weight excluding hydrogens is 394 g/mol. The van der Waals surface area contributed by atoms with Crippen LogP contribution >= 0.6 is 0 Å². The lowest BCUT2D eigenvalue weighted by atomic mass is 9.76. The number of para-hydroxylation sites is 1. The van der Waals surface area contributed by atoms with Crippen LogP contribution in [0.1, 0.15) is 29.6 Å². The molecule has 2 aliphatic rings. The van der Waals surface area contributed by atoms with Crippen LogP contribution in [0.15, 0.2) is 54.9 Å². The lowest BCUT2D eigenvalue weighted by Crippen LogP contribution is -2.53. The number of ether oxygens (including phenoxy) is 1. The summed E-state index contributed by atoms with van der Waals surface area (Å²) in [6.07, 6.45) is 9.60. The molecule has 8 nitrogen and oxygen atoms in total. The molecule has 1 spiro atoms. The molecule has 0 radical (unpaired) electrons. The SMILES string of the molecule is O=C1NCCNC(=O)[C@@]2(C/C=C/COc3ccccc31)CCCN(c1ncccn1)C2. The van der Waals surface area contributed by atoms with Gasteiger partial charge in [0.15, 0.2) is 0 Å². The van der Waals surface area contributed by atoms with Crippen molar-refractivity contribution >= 4 is 17.8 Å². The number of allylic oxidation sites excluding steroid dienone is 1. The molecule has 1 aromatic heterocycles. The van der Waals surface area contributed by atoms with E-state index in [2.05, 4.69) is 25.5 Å². The third-order valence-corrected chi connectivity index (χ3v) is 5.73. The Balaban J connectivity index is 1.54. The highest BCUT2D eigenvalue weighted by Gasteiger charge is 2.41. The van der Waals surface area contributed by atoms with Crippen molar-refractivity contribution in [2.24, 2.45) is 5.41 Å². The number of fused-ring (bicyclic) bond motifs is 1. The summed E-state index contributed by atoms with van der Waals surface area (Å²) >= 11 is 0. The quantitative estimate of drug-likeness (QED) is 0.684. The highest BCUT2D eigenvalue weighted by Crippen LogP contribution is 2.35. The second-order valence-corrected chi connectivity index (χ2v) is 7.85. The van der Waals surface area contributed by atoms with E-state index in [1.807, 2.05) is 18.2 Å². The molecule has 4 rings (SSSR count). The Kier molecular flexibility index (Phi) is 6.45. The smallest absolute Gasteiger partial charge is 0.255 e. The average molecular weight is 422 g/mol. The summed E-state index contributed by atoms with van der Waals surface area (Å²) in [6, 6.07) is 8.95. The number of hydrogen-bond donors (Lipinski definition) is 2. The number of carbonyl (C=O) groups is 2. The number of benzene rings is 1. The summed E-state index contributed by atoms with van der Waals surface area (Å²) in [4.78, 5) is 36.6. The fourth-order valence-electron chi connectivity index (χ4n) is 4.13. The summed E-state index contributed by atoms with van der Waals surface area (Å²) < 4.78 is 5.82. The molecule has 1 saturated heterocycles. The lowest BCUT2D eigenvalue weighted by molar-refractivity contribution is -0.131. The minimum atomic E-state index is -0.583. The first-order valence-corrected chi connectivity index (χ1v) is 10.6. The van der Waals surface area contributed by atoms with E-state index < -0.39 is 5.41 Å². The van der Waals surface area contributed by atoms with Gasteiger partial charge in [-0.3, -0.25) is 9.59 Å². The molecule has 31 heavy (non-hydrogen) atoms. The van der Waals surface area contributed by atoms with Gasteiger partial charge in [0, 0.05) is 38.6 Å². The van der Waals surface area contributed by atoms with Crippen LogP contribution < -0.4 is 20.3 Å². The van der Waals surface area contributed by atoms with E-state index in [1.165, 1.54) is 0 Å². The van der Waals surface area contributed by atoms with E-state index in [1.54, 1.807) is 36.7 Å². The van der Waals surface area contributed by atoms with Crippen molar-refractivity contribution in [1.82, 2.24) is 20.6 Å². The van der Waals surface area contributed by atoms with Crippen LogP contribution in [0.2, 0.25) is 0 Å². The highest BCUT2D eigenvalue weighted by molar-refractivity contribution is 5.97. The Morgan fingerprint density at radius 3 is 2.68 bits per heavy atom. The van der Waals surface area contributed by atoms with Gasteiger partial charge in [0.25, 0.3) is 5.91 Å². The number of nitrogens with one attached hydrogen (secondary N) is 2. The van der Waals surface area contributed by atoms with Crippen molar-refractivity contribution in [2.75, 3.05) is 37.7 Å². The number of aromatic nitrogens is 2. The summed E-state index contributed by atoms with van der Waals surface area (Å²) in [5, 5.41) is 5.88. The van der Waals surface area contributed by atoms with E-state index >= 15 is 0 Å². The van der Waals surface area contributed by atoms with Crippen LogP contribution in [0.5, 0.6) is 5.75 Å². The molecule has 3 heterocycles. The maximum absolute atomic E-state index is 13.3. The first-order chi connectivity index (χ1) is 15.2. The fourth-order valence-corrected chi connectivity index (χ4v) is 4.13. The second-order valence-electron chi connectivity index (χ2n) is 7.85. The van der Waals surface area contributed by atoms with Crippen LogP contribution in [0.25, 0.3) is 0 Å². The number of rotatable bonds is 1. The maximum atomic E-state index is 13.3. The van der Waals surface area contributed by atoms with E-state index in [0.717, 1.165) is 19.4 Å². The molecule has 0 saturated carbocycles. The minimum absolute atomic E-state index is 0.00888. The average Bonchev–Trinajstić information content (AvgIpc) is 2.82. The first kappa shape index (κ1) is 20.8. The first-order valence-electron chi connectivity index (χ1n) is 10.6. The Hall–Kier alpha value is -3.42. The third kappa shape index (κ3) is 4.84. The lowest BCUT2D eigenvalue weighted by Gasteiger charge is -2.41. The monoisotopic (exact) mass is 421 g/mol. The predicted molar refractivity (Wildman–Crippen MR) is 117 cm³/mol.